The molecule has 0 amide bonds. The predicted molar refractivity (Wildman–Crippen MR) is 66.3 cm³/mol. The van der Waals surface area contributed by atoms with E-state index in [4.69, 9.17) is 16.3 Å². The summed E-state index contributed by atoms with van der Waals surface area (Å²) in [6.45, 7) is 0. The predicted octanol–water partition coefficient (Wildman–Crippen LogP) is 0.327. The lowest BCUT2D eigenvalue weighted by molar-refractivity contribution is 0.419. The highest BCUT2D eigenvalue weighted by Gasteiger charge is 2.08. The molecule has 88 valence electrons. The standard InChI is InChI=1S/C11H13N5O/c1-17-10-6-9(11(12)15-16-13)14-8-5-3-2-4-7(8)10/h2-6,16H,13H2,1H3,(H2,12,15). The van der Waals surface area contributed by atoms with Crippen molar-refractivity contribution in [3.05, 3.63) is 36.0 Å². The van der Waals surface area contributed by atoms with Crippen LogP contribution in [0.25, 0.3) is 10.9 Å². The van der Waals surface area contributed by atoms with Gasteiger partial charge in [0.1, 0.15) is 11.4 Å². The van der Waals surface area contributed by atoms with Gasteiger partial charge < -0.3 is 10.5 Å². The summed E-state index contributed by atoms with van der Waals surface area (Å²) >= 11 is 0. The third-order valence-corrected chi connectivity index (χ3v) is 2.35. The molecule has 6 nitrogen and oxygen atoms in total. The van der Waals surface area contributed by atoms with E-state index in [-0.39, 0.29) is 5.84 Å². The number of benzene rings is 1. The molecule has 1 aromatic carbocycles. The fourth-order valence-electron chi connectivity index (χ4n) is 1.57. The van der Waals surface area contributed by atoms with E-state index in [1.165, 1.54) is 0 Å². The monoisotopic (exact) mass is 231 g/mol. The van der Waals surface area contributed by atoms with Crippen LogP contribution in [0.2, 0.25) is 0 Å². The zero-order valence-corrected chi connectivity index (χ0v) is 9.34. The average molecular weight is 231 g/mol. The highest BCUT2D eigenvalue weighted by atomic mass is 16.5. The summed E-state index contributed by atoms with van der Waals surface area (Å²) in [5.41, 5.74) is 9.14. The molecule has 0 fully saturated rings. The smallest absolute Gasteiger partial charge is 0.170 e. The van der Waals surface area contributed by atoms with Gasteiger partial charge in [0.15, 0.2) is 5.84 Å². The second kappa shape index (κ2) is 4.67. The molecule has 0 aliphatic heterocycles. The van der Waals surface area contributed by atoms with Crippen LogP contribution in [-0.4, -0.2) is 17.9 Å². The lowest BCUT2D eigenvalue weighted by Gasteiger charge is -2.07. The largest absolute Gasteiger partial charge is 0.496 e. The number of aromatic nitrogens is 1. The van der Waals surface area contributed by atoms with Crippen molar-refractivity contribution in [3.8, 4) is 5.75 Å². The van der Waals surface area contributed by atoms with Crippen LogP contribution in [-0.2, 0) is 0 Å². The van der Waals surface area contributed by atoms with Crippen LogP contribution in [0.15, 0.2) is 35.4 Å². The van der Waals surface area contributed by atoms with Gasteiger partial charge in [-0.25, -0.2) is 16.4 Å². The van der Waals surface area contributed by atoms with E-state index in [0.29, 0.717) is 11.4 Å². The Morgan fingerprint density at radius 2 is 2.18 bits per heavy atom. The summed E-state index contributed by atoms with van der Waals surface area (Å²) in [5.74, 6) is 5.97. The maximum atomic E-state index is 5.71. The van der Waals surface area contributed by atoms with E-state index >= 15 is 0 Å². The van der Waals surface area contributed by atoms with Gasteiger partial charge in [0.2, 0.25) is 0 Å². The van der Waals surface area contributed by atoms with Crippen LogP contribution in [0.5, 0.6) is 5.75 Å². The normalized spacial score (nSPS) is 11.5. The van der Waals surface area contributed by atoms with Crippen molar-refractivity contribution in [1.29, 1.82) is 0 Å². The van der Waals surface area contributed by atoms with Gasteiger partial charge in [-0.1, -0.05) is 12.1 Å². The summed E-state index contributed by atoms with van der Waals surface area (Å²) in [5, 5.41) is 4.60. The average Bonchev–Trinajstić information content (AvgIpc) is 2.37. The van der Waals surface area contributed by atoms with Crippen molar-refractivity contribution in [2.24, 2.45) is 16.7 Å². The molecule has 0 aliphatic carbocycles. The first kappa shape index (κ1) is 11.2. The Balaban J connectivity index is 2.64. The lowest BCUT2D eigenvalue weighted by atomic mass is 10.2. The molecular weight excluding hydrogens is 218 g/mol. The number of nitrogens with zero attached hydrogens (tertiary/aromatic N) is 2. The van der Waals surface area contributed by atoms with Crippen LogP contribution in [0.1, 0.15) is 5.69 Å². The fourth-order valence-corrected chi connectivity index (χ4v) is 1.57. The van der Waals surface area contributed by atoms with Gasteiger partial charge in [0.05, 0.1) is 12.6 Å². The van der Waals surface area contributed by atoms with Crippen molar-refractivity contribution in [3.63, 3.8) is 0 Å². The summed E-state index contributed by atoms with van der Waals surface area (Å²) in [4.78, 5) is 4.37. The number of hydrazone groups is 1. The highest BCUT2D eigenvalue weighted by molar-refractivity contribution is 5.99. The lowest BCUT2D eigenvalue weighted by Crippen LogP contribution is -2.23. The Morgan fingerprint density at radius 1 is 1.41 bits per heavy atom. The zero-order chi connectivity index (χ0) is 12.3. The highest BCUT2D eigenvalue weighted by Crippen LogP contribution is 2.24. The van der Waals surface area contributed by atoms with Crippen LogP contribution in [0.3, 0.4) is 0 Å². The van der Waals surface area contributed by atoms with E-state index in [1.807, 2.05) is 24.3 Å². The molecule has 1 heterocycles. The first-order chi connectivity index (χ1) is 8.26. The summed E-state index contributed by atoms with van der Waals surface area (Å²) < 4.78 is 5.29. The zero-order valence-electron chi connectivity index (χ0n) is 9.34. The number of para-hydroxylation sites is 1. The first-order valence-electron chi connectivity index (χ1n) is 4.99. The van der Waals surface area contributed by atoms with Gasteiger partial charge in [0, 0.05) is 11.5 Å². The molecule has 0 spiro atoms. The molecule has 0 unspecified atom stereocenters. The van der Waals surface area contributed by atoms with Crippen LogP contribution in [0.4, 0.5) is 0 Å². The van der Waals surface area contributed by atoms with Crippen LogP contribution >= 0.6 is 0 Å². The number of rotatable bonds is 3. The minimum atomic E-state index is 0.205. The minimum absolute atomic E-state index is 0.205. The number of hydrogen-bond acceptors (Lipinski definition) is 5. The number of fused-ring (bicyclic) bond motifs is 1. The second-order valence-electron chi connectivity index (χ2n) is 3.35. The number of nitrogens with one attached hydrogen (secondary N) is 1. The number of hydrogen-bond donors (Lipinski definition) is 3. The topological polar surface area (TPSA) is 98.5 Å². The van der Waals surface area contributed by atoms with Crippen molar-refractivity contribution in [1.82, 2.24) is 10.5 Å². The molecule has 0 atom stereocenters. The quantitative estimate of drug-likeness (QED) is 0.306. The van der Waals surface area contributed by atoms with Crippen molar-refractivity contribution >= 4 is 16.7 Å². The molecule has 1 aromatic heterocycles. The van der Waals surface area contributed by atoms with Crippen molar-refractivity contribution in [2.75, 3.05) is 7.11 Å². The molecule has 2 rings (SSSR count). The second-order valence-corrected chi connectivity index (χ2v) is 3.35. The van der Waals surface area contributed by atoms with Crippen LogP contribution < -0.4 is 21.8 Å². The van der Waals surface area contributed by atoms with Gasteiger partial charge >= 0.3 is 0 Å². The van der Waals surface area contributed by atoms with E-state index in [9.17, 15) is 0 Å². The van der Waals surface area contributed by atoms with Gasteiger partial charge in [-0.3, -0.25) is 0 Å². The number of methoxy groups -OCH3 is 1. The van der Waals surface area contributed by atoms with E-state index in [2.05, 4.69) is 15.6 Å². The number of amidine groups is 1. The fraction of sp³-hybridized carbons (Fsp3) is 0.0909. The van der Waals surface area contributed by atoms with Gasteiger partial charge in [-0.2, -0.15) is 0 Å². The maximum Gasteiger partial charge on any atom is 0.170 e. The Kier molecular flexibility index (Phi) is 3.06. The van der Waals surface area contributed by atoms with E-state index < -0.39 is 0 Å². The molecule has 0 aliphatic rings. The molecule has 6 heteroatoms. The Morgan fingerprint density at radius 3 is 2.88 bits per heavy atom. The summed E-state index contributed by atoms with van der Waals surface area (Å²) in [6.07, 6.45) is 0. The third kappa shape index (κ3) is 2.11. The molecule has 0 radical (unpaired) electrons. The van der Waals surface area contributed by atoms with Crippen molar-refractivity contribution in [2.45, 2.75) is 0 Å². The summed E-state index contributed by atoms with van der Waals surface area (Å²) in [7, 11) is 1.60. The van der Waals surface area contributed by atoms with Crippen molar-refractivity contribution < 1.29 is 4.74 Å². The van der Waals surface area contributed by atoms with Gasteiger partial charge in [-0.15, -0.1) is 5.10 Å². The molecule has 0 saturated carbocycles. The number of hydrazine groups is 1. The molecule has 17 heavy (non-hydrogen) atoms. The number of pyridine rings is 1. The molecule has 2 aromatic rings. The third-order valence-electron chi connectivity index (χ3n) is 2.35. The van der Waals surface area contributed by atoms with Crippen LogP contribution in [0, 0.1) is 0 Å². The van der Waals surface area contributed by atoms with Gasteiger partial charge in [0.25, 0.3) is 0 Å². The number of nitrogens with two attached hydrogens (primary N) is 2. The molecule has 0 bridgehead atoms. The van der Waals surface area contributed by atoms with E-state index in [0.717, 1.165) is 10.9 Å². The molecule has 5 N–H and O–H groups in total. The van der Waals surface area contributed by atoms with E-state index in [1.54, 1.807) is 13.2 Å². The Hall–Kier alpha value is -2.34. The minimum Gasteiger partial charge on any atom is -0.496 e. The Bertz CT molecular complexity index is 567. The first-order valence-corrected chi connectivity index (χ1v) is 4.99. The Labute approximate surface area is 98.2 Å². The maximum absolute atomic E-state index is 5.71. The molecular formula is C11H13N5O. The number of ether oxygens (including phenoxy) is 1. The SMILES string of the molecule is COc1cc(/C(N)=N/NN)nc2ccccc12. The molecule has 0 saturated heterocycles. The summed E-state index contributed by atoms with van der Waals surface area (Å²) in [6, 6.07) is 9.35. The van der Waals surface area contributed by atoms with Gasteiger partial charge in [-0.05, 0) is 12.1 Å².